The van der Waals surface area contributed by atoms with E-state index in [9.17, 15) is 9.59 Å². The van der Waals surface area contributed by atoms with Crippen LogP contribution in [0.2, 0.25) is 0 Å². The van der Waals surface area contributed by atoms with Crippen LogP contribution in [-0.4, -0.2) is 48.3 Å². The van der Waals surface area contributed by atoms with Gasteiger partial charge < -0.3 is 4.90 Å². The molecular formula is C12H18N4O2. The lowest BCUT2D eigenvalue weighted by Crippen LogP contribution is -2.40. The van der Waals surface area contributed by atoms with Crippen molar-refractivity contribution < 1.29 is 9.59 Å². The first kappa shape index (κ1) is 11.6. The van der Waals surface area contributed by atoms with Gasteiger partial charge in [0.15, 0.2) is 0 Å². The van der Waals surface area contributed by atoms with Crippen LogP contribution in [-0.2, 0) is 9.59 Å². The molecule has 0 spiro atoms. The van der Waals surface area contributed by atoms with Gasteiger partial charge in [-0.1, -0.05) is 0 Å². The highest BCUT2D eigenvalue weighted by molar-refractivity contribution is 6.45. The maximum Gasteiger partial charge on any atom is 0.316 e. The van der Waals surface area contributed by atoms with Crippen molar-refractivity contribution in [3.05, 3.63) is 0 Å². The van der Waals surface area contributed by atoms with Crippen LogP contribution < -0.4 is 10.6 Å². The second-order valence-corrected chi connectivity index (χ2v) is 5.49. The molecule has 0 aliphatic carbocycles. The van der Waals surface area contributed by atoms with Crippen molar-refractivity contribution in [2.24, 2.45) is 10.9 Å². The Bertz CT molecular complexity index is 388. The zero-order valence-corrected chi connectivity index (χ0v) is 10.5. The number of carbonyl (C=O) groups is 2. The average molecular weight is 250 g/mol. The number of nitrogens with one attached hydrogen (secondary N) is 2. The number of hydrogen-bond donors (Lipinski definition) is 2. The van der Waals surface area contributed by atoms with Gasteiger partial charge >= 0.3 is 11.8 Å². The second kappa shape index (κ2) is 4.35. The van der Waals surface area contributed by atoms with E-state index in [1.54, 1.807) is 0 Å². The van der Waals surface area contributed by atoms with Gasteiger partial charge in [-0.15, -0.1) is 0 Å². The predicted octanol–water partition coefficient (Wildman–Crippen LogP) is -0.539. The Morgan fingerprint density at radius 2 is 1.72 bits per heavy atom. The monoisotopic (exact) mass is 250 g/mol. The topological polar surface area (TPSA) is 73.8 Å². The number of hydrogen-bond acceptors (Lipinski definition) is 4. The van der Waals surface area contributed by atoms with Gasteiger partial charge in [0.05, 0.1) is 0 Å². The number of carbonyl (C=O) groups excluding carboxylic acids is 2. The molecule has 2 bridgehead atoms. The van der Waals surface area contributed by atoms with Crippen LogP contribution >= 0.6 is 0 Å². The predicted molar refractivity (Wildman–Crippen MR) is 65.9 cm³/mol. The Labute approximate surface area is 106 Å². The summed E-state index contributed by atoms with van der Waals surface area (Å²) in [7, 11) is 2.21. The number of piperidine rings is 1. The maximum absolute atomic E-state index is 11.0. The third kappa shape index (κ3) is 2.01. The standard InChI is InChI=1S/C12H18N4O2/c1-16-8-2-3-9(16)5-7(4-8)6-13-12-14-10(17)11(18)15-12/h7-9H,2-6H2,1H3,(H2,13,14,15,17,18). The molecule has 0 aromatic carbocycles. The zero-order valence-electron chi connectivity index (χ0n) is 10.5. The molecule has 0 saturated carbocycles. The molecule has 3 fully saturated rings. The molecule has 0 radical (unpaired) electrons. The summed E-state index contributed by atoms with van der Waals surface area (Å²) in [5.74, 6) is -0.341. The van der Waals surface area contributed by atoms with E-state index in [1.165, 1.54) is 25.7 Å². The molecule has 3 saturated heterocycles. The molecule has 2 atom stereocenters. The van der Waals surface area contributed by atoms with E-state index in [-0.39, 0.29) is 0 Å². The first-order valence-corrected chi connectivity index (χ1v) is 6.52. The highest BCUT2D eigenvalue weighted by atomic mass is 16.2. The summed E-state index contributed by atoms with van der Waals surface area (Å²) in [6.45, 7) is 0.691. The van der Waals surface area contributed by atoms with Crippen molar-refractivity contribution in [2.45, 2.75) is 37.8 Å². The highest BCUT2D eigenvalue weighted by Gasteiger charge is 2.38. The van der Waals surface area contributed by atoms with Gasteiger partial charge in [0.2, 0.25) is 5.96 Å². The van der Waals surface area contributed by atoms with Gasteiger partial charge in [-0.2, -0.15) is 0 Å². The van der Waals surface area contributed by atoms with E-state index >= 15 is 0 Å². The van der Waals surface area contributed by atoms with E-state index in [0.717, 1.165) is 0 Å². The first-order chi connectivity index (χ1) is 8.63. The fourth-order valence-corrected chi connectivity index (χ4v) is 3.33. The summed E-state index contributed by atoms with van der Waals surface area (Å²) in [5.41, 5.74) is 0. The van der Waals surface area contributed by atoms with Crippen molar-refractivity contribution in [3.63, 3.8) is 0 Å². The maximum atomic E-state index is 11.0. The molecular weight excluding hydrogens is 232 g/mol. The highest BCUT2D eigenvalue weighted by Crippen LogP contribution is 2.37. The molecule has 2 N–H and O–H groups in total. The summed E-state index contributed by atoms with van der Waals surface area (Å²) in [5, 5.41) is 4.86. The number of amides is 2. The normalized spacial score (nSPS) is 35.6. The Balaban J connectivity index is 1.57. The number of fused-ring (bicyclic) bond motifs is 2. The average Bonchev–Trinajstić information content (AvgIpc) is 2.75. The van der Waals surface area contributed by atoms with Crippen molar-refractivity contribution in [3.8, 4) is 0 Å². The van der Waals surface area contributed by atoms with Gasteiger partial charge in [0.25, 0.3) is 0 Å². The molecule has 2 unspecified atom stereocenters. The second-order valence-electron chi connectivity index (χ2n) is 5.49. The molecule has 2 amide bonds. The molecule has 3 aliphatic rings. The van der Waals surface area contributed by atoms with Crippen molar-refractivity contribution in [1.82, 2.24) is 15.5 Å². The van der Waals surface area contributed by atoms with Crippen LogP contribution in [0.25, 0.3) is 0 Å². The van der Waals surface area contributed by atoms with Gasteiger partial charge in [-0.3, -0.25) is 25.2 Å². The molecule has 0 aromatic rings. The van der Waals surface area contributed by atoms with Gasteiger partial charge in [0, 0.05) is 18.6 Å². The minimum atomic E-state index is -0.614. The Hall–Kier alpha value is -1.43. The van der Waals surface area contributed by atoms with Crippen LogP contribution in [0.5, 0.6) is 0 Å². The summed E-state index contributed by atoms with van der Waals surface area (Å²) in [4.78, 5) is 28.8. The van der Waals surface area contributed by atoms with Crippen LogP contribution in [0.1, 0.15) is 25.7 Å². The van der Waals surface area contributed by atoms with Crippen molar-refractivity contribution in [1.29, 1.82) is 0 Å². The van der Waals surface area contributed by atoms with Gasteiger partial charge in [0.1, 0.15) is 0 Å². The summed E-state index contributed by atoms with van der Waals surface area (Å²) in [6.07, 6.45) is 4.93. The van der Waals surface area contributed by atoms with E-state index < -0.39 is 11.8 Å². The minimum Gasteiger partial charge on any atom is -0.300 e. The number of nitrogens with zero attached hydrogens (tertiary/aromatic N) is 2. The summed E-state index contributed by atoms with van der Waals surface area (Å²) < 4.78 is 0. The molecule has 6 nitrogen and oxygen atoms in total. The molecule has 0 aromatic heterocycles. The zero-order chi connectivity index (χ0) is 12.7. The largest absolute Gasteiger partial charge is 0.316 e. The van der Waals surface area contributed by atoms with E-state index in [4.69, 9.17) is 0 Å². The lowest BCUT2D eigenvalue weighted by molar-refractivity contribution is -0.135. The molecule has 3 rings (SSSR count). The van der Waals surface area contributed by atoms with Crippen LogP contribution in [0.3, 0.4) is 0 Å². The number of guanidine groups is 1. The molecule has 6 heteroatoms. The van der Waals surface area contributed by atoms with Gasteiger partial charge in [-0.05, 0) is 38.6 Å². The molecule has 3 aliphatic heterocycles. The third-order valence-electron chi connectivity index (χ3n) is 4.37. The Morgan fingerprint density at radius 3 is 2.28 bits per heavy atom. The first-order valence-electron chi connectivity index (χ1n) is 6.52. The van der Waals surface area contributed by atoms with E-state index in [2.05, 4.69) is 27.6 Å². The van der Waals surface area contributed by atoms with Gasteiger partial charge in [-0.25, -0.2) is 0 Å². The Morgan fingerprint density at radius 1 is 1.17 bits per heavy atom. The van der Waals surface area contributed by atoms with E-state index in [1.807, 2.05) is 0 Å². The van der Waals surface area contributed by atoms with Crippen molar-refractivity contribution >= 4 is 17.8 Å². The summed E-state index contributed by atoms with van der Waals surface area (Å²) in [6, 6.07) is 1.39. The smallest absolute Gasteiger partial charge is 0.300 e. The third-order valence-corrected chi connectivity index (χ3v) is 4.37. The SMILES string of the molecule is CN1C2CCC1CC(CN=C1NC(=O)C(=O)N1)C2. The van der Waals surface area contributed by atoms with E-state index in [0.29, 0.717) is 30.5 Å². The van der Waals surface area contributed by atoms with Crippen LogP contribution in [0.4, 0.5) is 0 Å². The fourth-order valence-electron chi connectivity index (χ4n) is 3.33. The van der Waals surface area contributed by atoms with Crippen LogP contribution in [0.15, 0.2) is 4.99 Å². The Kier molecular flexibility index (Phi) is 2.81. The molecule has 18 heavy (non-hydrogen) atoms. The molecule has 98 valence electrons. The lowest BCUT2D eigenvalue weighted by atomic mass is 9.91. The lowest BCUT2D eigenvalue weighted by Gasteiger charge is -2.35. The number of aliphatic imine (C=N–C) groups is 1. The van der Waals surface area contributed by atoms with Crippen molar-refractivity contribution in [2.75, 3.05) is 13.6 Å². The molecule has 3 heterocycles. The minimum absolute atomic E-state index is 0.316. The number of rotatable bonds is 2. The fraction of sp³-hybridized carbons (Fsp3) is 0.750. The quantitative estimate of drug-likeness (QED) is 0.647. The van der Waals surface area contributed by atoms with Crippen LogP contribution in [0, 0.1) is 5.92 Å². The summed E-state index contributed by atoms with van der Waals surface area (Å²) >= 11 is 0.